The van der Waals surface area contributed by atoms with E-state index in [-0.39, 0.29) is 24.0 Å². The third-order valence-corrected chi connectivity index (χ3v) is 4.51. The van der Waals surface area contributed by atoms with Crippen LogP contribution in [0.2, 0.25) is 0 Å². The molecule has 0 saturated carbocycles. The maximum Gasteiger partial charge on any atom is 0.291 e. The van der Waals surface area contributed by atoms with Gasteiger partial charge in [-0.3, -0.25) is 4.79 Å². The Morgan fingerprint density at radius 2 is 1.89 bits per heavy atom. The highest BCUT2D eigenvalue weighted by molar-refractivity contribution is 6.02. The van der Waals surface area contributed by atoms with Crippen LogP contribution in [0.15, 0.2) is 52.9 Å². The van der Waals surface area contributed by atoms with E-state index in [0.29, 0.717) is 5.76 Å². The molecule has 0 bridgehead atoms. The lowest BCUT2D eigenvalue weighted by Gasteiger charge is -2.06. The molecule has 4 nitrogen and oxygen atoms in total. The summed E-state index contributed by atoms with van der Waals surface area (Å²) in [5.41, 5.74) is 3.32. The van der Waals surface area contributed by atoms with E-state index in [0.717, 1.165) is 37.1 Å². The number of ether oxygens (including phenoxy) is 1. The van der Waals surface area contributed by atoms with Gasteiger partial charge in [0.1, 0.15) is 18.2 Å². The summed E-state index contributed by atoms with van der Waals surface area (Å²) in [6.07, 6.45) is 3.25. The van der Waals surface area contributed by atoms with E-state index in [9.17, 15) is 13.6 Å². The Bertz CT molecular complexity index is 997. The van der Waals surface area contributed by atoms with Gasteiger partial charge in [0.2, 0.25) is 0 Å². The highest BCUT2D eigenvalue weighted by atomic mass is 19.1. The third-order valence-electron chi connectivity index (χ3n) is 4.51. The van der Waals surface area contributed by atoms with Crippen LogP contribution in [0.25, 0.3) is 0 Å². The molecule has 0 aliphatic heterocycles. The number of anilines is 1. The molecule has 138 valence electrons. The monoisotopic (exact) mass is 369 g/mol. The van der Waals surface area contributed by atoms with Crippen molar-refractivity contribution in [3.8, 4) is 5.75 Å². The first-order valence-electron chi connectivity index (χ1n) is 8.68. The predicted molar refractivity (Wildman–Crippen MR) is 95.8 cm³/mol. The predicted octanol–water partition coefficient (Wildman–Crippen LogP) is 4.88. The Hall–Kier alpha value is -3.15. The lowest BCUT2D eigenvalue weighted by Crippen LogP contribution is -2.11. The molecule has 3 aromatic rings. The van der Waals surface area contributed by atoms with Crippen LogP contribution >= 0.6 is 0 Å². The maximum atomic E-state index is 13.6. The Labute approximate surface area is 154 Å². The van der Waals surface area contributed by atoms with E-state index in [1.807, 2.05) is 18.2 Å². The SMILES string of the molecule is O=C(Nc1ccc2c(c1)CCC2)c1ccc(COc2ccc(F)cc2F)o1. The zero-order valence-electron chi connectivity index (χ0n) is 14.4. The van der Waals surface area contributed by atoms with Gasteiger partial charge < -0.3 is 14.5 Å². The zero-order chi connectivity index (χ0) is 18.8. The summed E-state index contributed by atoms with van der Waals surface area (Å²) in [5.74, 6) is -1.44. The molecule has 0 fully saturated rings. The van der Waals surface area contributed by atoms with Crippen LogP contribution in [0.1, 0.15) is 33.9 Å². The lowest BCUT2D eigenvalue weighted by molar-refractivity contribution is 0.0992. The number of hydrogen-bond acceptors (Lipinski definition) is 3. The van der Waals surface area contributed by atoms with Crippen molar-refractivity contribution in [2.24, 2.45) is 0 Å². The quantitative estimate of drug-likeness (QED) is 0.698. The molecule has 6 heteroatoms. The Morgan fingerprint density at radius 3 is 2.74 bits per heavy atom. The molecule has 0 atom stereocenters. The number of benzene rings is 2. The molecule has 4 rings (SSSR count). The normalized spacial score (nSPS) is 12.7. The van der Waals surface area contributed by atoms with Crippen molar-refractivity contribution in [1.82, 2.24) is 0 Å². The van der Waals surface area contributed by atoms with E-state index < -0.39 is 11.6 Å². The minimum atomic E-state index is -0.795. The van der Waals surface area contributed by atoms with Crippen molar-refractivity contribution < 1.29 is 22.7 Å². The highest BCUT2D eigenvalue weighted by Gasteiger charge is 2.15. The van der Waals surface area contributed by atoms with E-state index in [4.69, 9.17) is 9.15 Å². The summed E-state index contributed by atoms with van der Waals surface area (Å²) in [4.78, 5) is 12.3. The van der Waals surface area contributed by atoms with Crippen molar-refractivity contribution in [1.29, 1.82) is 0 Å². The van der Waals surface area contributed by atoms with Crippen molar-refractivity contribution in [3.05, 3.63) is 82.8 Å². The number of carbonyl (C=O) groups is 1. The molecular weight excluding hydrogens is 352 g/mol. The zero-order valence-corrected chi connectivity index (χ0v) is 14.4. The summed E-state index contributed by atoms with van der Waals surface area (Å²) < 4.78 is 37.2. The van der Waals surface area contributed by atoms with Crippen molar-refractivity contribution in [3.63, 3.8) is 0 Å². The van der Waals surface area contributed by atoms with Crippen LogP contribution in [-0.2, 0) is 19.4 Å². The van der Waals surface area contributed by atoms with Gasteiger partial charge in [-0.25, -0.2) is 8.78 Å². The van der Waals surface area contributed by atoms with Crippen LogP contribution in [0.5, 0.6) is 5.75 Å². The fourth-order valence-electron chi connectivity index (χ4n) is 3.16. The van der Waals surface area contributed by atoms with Gasteiger partial charge in [0, 0.05) is 11.8 Å². The topological polar surface area (TPSA) is 51.5 Å². The Morgan fingerprint density at radius 1 is 1.04 bits per heavy atom. The summed E-state index contributed by atoms with van der Waals surface area (Å²) in [7, 11) is 0. The average Bonchev–Trinajstić information content (AvgIpc) is 3.30. The van der Waals surface area contributed by atoms with Crippen LogP contribution in [0.4, 0.5) is 14.5 Å². The molecule has 0 spiro atoms. The number of aryl methyl sites for hydroxylation is 2. The van der Waals surface area contributed by atoms with Crippen molar-refractivity contribution in [2.45, 2.75) is 25.9 Å². The Balaban J connectivity index is 1.39. The number of rotatable bonds is 5. The second kappa shape index (κ2) is 7.23. The number of carbonyl (C=O) groups excluding carboxylic acids is 1. The van der Waals surface area contributed by atoms with Crippen LogP contribution in [0, 0.1) is 11.6 Å². The minimum Gasteiger partial charge on any atom is -0.483 e. The molecular formula is C21H17F2NO3. The van der Waals surface area contributed by atoms with E-state index >= 15 is 0 Å². The first-order valence-corrected chi connectivity index (χ1v) is 8.68. The smallest absolute Gasteiger partial charge is 0.291 e. The fraction of sp³-hybridized carbons (Fsp3) is 0.190. The van der Waals surface area contributed by atoms with Crippen molar-refractivity contribution in [2.75, 3.05) is 5.32 Å². The average molecular weight is 369 g/mol. The van der Waals surface area contributed by atoms with Crippen LogP contribution < -0.4 is 10.1 Å². The molecule has 0 unspecified atom stereocenters. The summed E-state index contributed by atoms with van der Waals surface area (Å²) in [5, 5.41) is 2.82. The molecule has 2 aromatic carbocycles. The van der Waals surface area contributed by atoms with Gasteiger partial charge in [-0.05, 0) is 66.8 Å². The number of fused-ring (bicyclic) bond motifs is 1. The fourth-order valence-corrected chi connectivity index (χ4v) is 3.16. The summed E-state index contributed by atoms with van der Waals surface area (Å²) >= 11 is 0. The van der Waals surface area contributed by atoms with Gasteiger partial charge in [0.05, 0.1) is 0 Å². The number of nitrogens with one attached hydrogen (secondary N) is 1. The molecule has 0 saturated heterocycles. The second-order valence-corrected chi connectivity index (χ2v) is 6.42. The molecule has 27 heavy (non-hydrogen) atoms. The first-order chi connectivity index (χ1) is 13.1. The largest absolute Gasteiger partial charge is 0.483 e. The molecule has 0 radical (unpaired) electrons. The van der Waals surface area contributed by atoms with Crippen LogP contribution in [-0.4, -0.2) is 5.91 Å². The second-order valence-electron chi connectivity index (χ2n) is 6.42. The van der Waals surface area contributed by atoms with E-state index in [2.05, 4.69) is 5.32 Å². The maximum absolute atomic E-state index is 13.6. The number of hydrogen-bond donors (Lipinski definition) is 1. The minimum absolute atomic E-state index is 0.0747. The molecule has 1 heterocycles. The van der Waals surface area contributed by atoms with E-state index in [1.165, 1.54) is 23.3 Å². The van der Waals surface area contributed by atoms with Gasteiger partial charge in [0.25, 0.3) is 5.91 Å². The third kappa shape index (κ3) is 3.84. The standard InChI is InChI=1S/C21H17F2NO3/c22-15-5-8-19(18(23)11-15)26-12-17-7-9-20(27-17)21(25)24-16-6-4-13-2-1-3-14(13)10-16/h4-11H,1-3,12H2,(H,24,25). The van der Waals surface area contributed by atoms with Gasteiger partial charge in [-0.15, -0.1) is 0 Å². The Kier molecular flexibility index (Phi) is 4.62. The summed E-state index contributed by atoms with van der Waals surface area (Å²) in [6.45, 7) is -0.0747. The van der Waals surface area contributed by atoms with Crippen LogP contribution in [0.3, 0.4) is 0 Å². The number of halogens is 2. The highest BCUT2D eigenvalue weighted by Crippen LogP contribution is 2.25. The van der Waals surface area contributed by atoms with Gasteiger partial charge >= 0.3 is 0 Å². The van der Waals surface area contributed by atoms with Gasteiger partial charge in [-0.2, -0.15) is 0 Å². The van der Waals surface area contributed by atoms with E-state index in [1.54, 1.807) is 6.07 Å². The molecule has 1 aliphatic rings. The summed E-state index contributed by atoms with van der Waals surface area (Å²) in [6, 6.07) is 12.1. The van der Waals surface area contributed by atoms with Gasteiger partial charge in [0.15, 0.2) is 17.3 Å². The molecule has 1 aliphatic carbocycles. The first kappa shape index (κ1) is 17.3. The molecule has 1 amide bonds. The lowest BCUT2D eigenvalue weighted by atomic mass is 10.1. The van der Waals surface area contributed by atoms with Gasteiger partial charge in [-0.1, -0.05) is 6.07 Å². The molecule has 1 aromatic heterocycles. The number of amides is 1. The van der Waals surface area contributed by atoms with Crippen molar-refractivity contribution >= 4 is 11.6 Å². The number of furan rings is 1. The molecule has 1 N–H and O–H groups in total.